The van der Waals surface area contributed by atoms with Crippen LogP contribution < -0.4 is 0 Å². The van der Waals surface area contributed by atoms with Gasteiger partial charge in [-0.1, -0.05) is 12.1 Å². The molecule has 2 amide bonds. The fourth-order valence-electron chi connectivity index (χ4n) is 3.42. The lowest BCUT2D eigenvalue weighted by Gasteiger charge is -2.44. The molecule has 2 fully saturated rings. The van der Waals surface area contributed by atoms with Crippen molar-refractivity contribution in [3.05, 3.63) is 35.4 Å². The van der Waals surface area contributed by atoms with Crippen LogP contribution in [0.5, 0.6) is 0 Å². The van der Waals surface area contributed by atoms with E-state index >= 15 is 0 Å². The lowest BCUT2D eigenvalue weighted by Crippen LogP contribution is -2.55. The summed E-state index contributed by atoms with van der Waals surface area (Å²) in [5.41, 5.74) is 0.826. The summed E-state index contributed by atoms with van der Waals surface area (Å²) in [6, 6.07) is 9.02. The monoisotopic (exact) mass is 371 g/mol. The highest BCUT2D eigenvalue weighted by Crippen LogP contribution is 2.34. The van der Waals surface area contributed by atoms with Crippen LogP contribution in [0.1, 0.15) is 37.3 Å². The molecule has 2 saturated heterocycles. The number of piperidine rings is 1. The minimum Gasteiger partial charge on any atom is -0.440 e. The summed E-state index contributed by atoms with van der Waals surface area (Å²) in [6.07, 6.45) is 1.30. The largest absolute Gasteiger partial charge is 0.443 e. The van der Waals surface area contributed by atoms with Crippen LogP contribution in [0.15, 0.2) is 24.3 Å². The number of hydrogen-bond donors (Lipinski definition) is 0. The number of nitrogens with zero attached hydrogens (tertiary/aromatic N) is 3. The molecule has 0 bridgehead atoms. The number of ether oxygens (including phenoxy) is 1. The summed E-state index contributed by atoms with van der Waals surface area (Å²) in [7, 11) is 0. The maximum absolute atomic E-state index is 12.5. The topological polar surface area (TPSA) is 99.9 Å². The zero-order valence-corrected chi connectivity index (χ0v) is 15.1. The number of benzene rings is 1. The Morgan fingerprint density at radius 1 is 1.19 bits per heavy atom. The number of carbonyl (C=O) groups excluding carboxylic acids is 3. The Kier molecular flexibility index (Phi) is 5.31. The Labute approximate surface area is 157 Å². The molecule has 1 aromatic rings. The van der Waals surface area contributed by atoms with Gasteiger partial charge in [-0.25, -0.2) is 4.79 Å². The summed E-state index contributed by atoms with van der Waals surface area (Å²) < 4.78 is 5.54. The van der Waals surface area contributed by atoms with E-state index in [9.17, 15) is 14.4 Å². The molecule has 2 aliphatic rings. The average molecular weight is 371 g/mol. The molecular weight excluding hydrogens is 350 g/mol. The number of rotatable bonds is 3. The van der Waals surface area contributed by atoms with Gasteiger partial charge < -0.3 is 14.5 Å². The maximum atomic E-state index is 12.5. The van der Waals surface area contributed by atoms with Crippen LogP contribution >= 0.6 is 0 Å². The molecule has 2 heterocycles. The summed E-state index contributed by atoms with van der Waals surface area (Å²) in [4.78, 5) is 42.1. The third-order valence-electron chi connectivity index (χ3n) is 4.98. The smallest absolute Gasteiger partial charge is 0.440 e. The molecule has 8 nitrogen and oxygen atoms in total. The van der Waals surface area contributed by atoms with Gasteiger partial charge in [-0.3, -0.25) is 9.59 Å². The van der Waals surface area contributed by atoms with E-state index in [1.807, 2.05) is 0 Å². The lowest BCUT2D eigenvalue weighted by atomic mass is 9.87. The molecule has 142 valence electrons. The molecular formula is C19H21N3O5. The van der Waals surface area contributed by atoms with Crippen molar-refractivity contribution >= 4 is 18.0 Å². The van der Waals surface area contributed by atoms with Crippen molar-refractivity contribution in [2.45, 2.75) is 38.2 Å². The van der Waals surface area contributed by atoms with Gasteiger partial charge in [-0.2, -0.15) is 5.26 Å². The Bertz CT molecular complexity index is 776. The van der Waals surface area contributed by atoms with Crippen molar-refractivity contribution in [1.82, 2.24) is 9.96 Å². The van der Waals surface area contributed by atoms with Gasteiger partial charge >= 0.3 is 12.1 Å². The van der Waals surface area contributed by atoms with Crippen molar-refractivity contribution in [3.63, 3.8) is 0 Å². The molecule has 1 aromatic carbocycles. The number of nitriles is 1. The second kappa shape index (κ2) is 7.66. The third-order valence-corrected chi connectivity index (χ3v) is 4.98. The van der Waals surface area contributed by atoms with Gasteiger partial charge in [0.15, 0.2) is 0 Å². The Morgan fingerprint density at radius 3 is 2.37 bits per heavy atom. The third kappa shape index (κ3) is 4.37. The minimum absolute atomic E-state index is 0.0123. The van der Waals surface area contributed by atoms with E-state index in [0.717, 1.165) is 10.6 Å². The predicted octanol–water partition coefficient (Wildman–Crippen LogP) is 1.78. The number of hydroxylamine groups is 2. The Morgan fingerprint density at radius 2 is 1.81 bits per heavy atom. The zero-order chi connectivity index (χ0) is 19.4. The molecule has 3 rings (SSSR count). The lowest BCUT2D eigenvalue weighted by molar-refractivity contribution is -0.200. The highest BCUT2D eigenvalue weighted by molar-refractivity contribution is 5.79. The first-order valence-electron chi connectivity index (χ1n) is 8.87. The van der Waals surface area contributed by atoms with E-state index in [2.05, 4.69) is 6.07 Å². The van der Waals surface area contributed by atoms with Gasteiger partial charge in [0.1, 0.15) is 5.60 Å². The fourth-order valence-corrected chi connectivity index (χ4v) is 3.42. The standard InChI is InChI=1S/C19H21N3O5/c1-14(23)27-22-11-8-19(26-18(22)25)6-9-21(10-7-19)17(24)12-15-2-4-16(13-20)5-3-15/h2-5H,6-12H2,1H3. The van der Waals surface area contributed by atoms with Gasteiger partial charge in [-0.15, -0.1) is 5.06 Å². The SMILES string of the molecule is CC(=O)ON1CCC2(CCN(C(=O)Cc3ccc(C#N)cc3)CC2)OC1=O. The second-order valence-corrected chi connectivity index (χ2v) is 6.85. The first-order valence-corrected chi connectivity index (χ1v) is 8.87. The van der Waals surface area contributed by atoms with Gasteiger partial charge in [0.05, 0.1) is 24.6 Å². The van der Waals surface area contributed by atoms with Crippen molar-refractivity contribution in [1.29, 1.82) is 5.26 Å². The maximum Gasteiger partial charge on any atom is 0.443 e. The molecule has 8 heteroatoms. The molecule has 0 aliphatic carbocycles. The number of hydrogen-bond acceptors (Lipinski definition) is 6. The quantitative estimate of drug-likeness (QED) is 0.803. The van der Waals surface area contributed by atoms with Gasteiger partial charge in [-0.05, 0) is 17.7 Å². The Balaban J connectivity index is 1.52. The van der Waals surface area contributed by atoms with Crippen LogP contribution in [0.25, 0.3) is 0 Å². The molecule has 0 unspecified atom stereocenters. The van der Waals surface area contributed by atoms with E-state index in [1.54, 1.807) is 29.2 Å². The predicted molar refractivity (Wildman–Crippen MR) is 93.0 cm³/mol. The first-order chi connectivity index (χ1) is 12.9. The van der Waals surface area contributed by atoms with Crippen LogP contribution in [0.2, 0.25) is 0 Å². The van der Waals surface area contributed by atoms with E-state index < -0.39 is 17.7 Å². The highest BCUT2D eigenvalue weighted by atomic mass is 16.8. The van der Waals surface area contributed by atoms with Crippen LogP contribution in [-0.2, 0) is 25.6 Å². The zero-order valence-electron chi connectivity index (χ0n) is 15.1. The number of carbonyl (C=O) groups is 3. The summed E-state index contributed by atoms with van der Waals surface area (Å²) in [5, 5.41) is 9.77. The van der Waals surface area contributed by atoms with Crippen molar-refractivity contribution in [2.75, 3.05) is 19.6 Å². The second-order valence-electron chi connectivity index (χ2n) is 6.85. The summed E-state index contributed by atoms with van der Waals surface area (Å²) in [5.74, 6) is -0.552. The van der Waals surface area contributed by atoms with Crippen molar-refractivity contribution < 1.29 is 24.0 Å². The molecule has 0 aromatic heterocycles. The summed E-state index contributed by atoms with van der Waals surface area (Å²) >= 11 is 0. The highest BCUT2D eigenvalue weighted by Gasteiger charge is 2.44. The van der Waals surface area contributed by atoms with Crippen LogP contribution in [0.4, 0.5) is 4.79 Å². The molecule has 1 spiro atoms. The minimum atomic E-state index is -0.659. The molecule has 2 aliphatic heterocycles. The molecule has 0 atom stereocenters. The van der Waals surface area contributed by atoms with Crippen LogP contribution in [-0.4, -0.2) is 53.2 Å². The van der Waals surface area contributed by atoms with Crippen molar-refractivity contribution in [2.24, 2.45) is 0 Å². The van der Waals surface area contributed by atoms with Gasteiger partial charge in [0.2, 0.25) is 5.91 Å². The average Bonchev–Trinajstić information content (AvgIpc) is 2.65. The molecule has 27 heavy (non-hydrogen) atoms. The Hall–Kier alpha value is -3.08. The van der Waals surface area contributed by atoms with E-state index in [4.69, 9.17) is 14.8 Å². The van der Waals surface area contributed by atoms with Gasteiger partial charge in [0.25, 0.3) is 0 Å². The van der Waals surface area contributed by atoms with Crippen LogP contribution in [0, 0.1) is 11.3 Å². The fraction of sp³-hybridized carbons (Fsp3) is 0.474. The van der Waals surface area contributed by atoms with Gasteiger partial charge in [0, 0.05) is 39.3 Å². The first kappa shape index (κ1) is 18.7. The summed E-state index contributed by atoms with van der Waals surface area (Å²) in [6.45, 7) is 2.54. The molecule has 0 radical (unpaired) electrons. The van der Waals surface area contributed by atoms with E-state index in [1.165, 1.54) is 6.92 Å². The number of amides is 2. The van der Waals surface area contributed by atoms with E-state index in [-0.39, 0.29) is 18.9 Å². The molecule has 0 saturated carbocycles. The van der Waals surface area contributed by atoms with Crippen LogP contribution in [0.3, 0.4) is 0 Å². The van der Waals surface area contributed by atoms with E-state index in [0.29, 0.717) is 37.9 Å². The van der Waals surface area contributed by atoms with Crippen molar-refractivity contribution in [3.8, 4) is 6.07 Å². The normalized spacial score (nSPS) is 18.6. The molecule has 0 N–H and O–H groups in total. The number of likely N-dealkylation sites (tertiary alicyclic amines) is 1.